The van der Waals surface area contributed by atoms with E-state index < -0.39 is 0 Å². The molecule has 2 fully saturated rings. The predicted octanol–water partition coefficient (Wildman–Crippen LogP) is 1.13. The number of aliphatic hydroxyl groups is 1. The van der Waals surface area contributed by atoms with E-state index in [2.05, 4.69) is 17.1 Å². The molecular weight excluding hydrogens is 254 g/mol. The molecule has 0 spiro atoms. The summed E-state index contributed by atoms with van der Waals surface area (Å²) in [4.78, 5) is 16.2. The number of hydrogen-bond acceptors (Lipinski definition) is 3. The molecule has 0 aromatic rings. The summed E-state index contributed by atoms with van der Waals surface area (Å²) in [6.45, 7) is 9.49. The van der Waals surface area contributed by atoms with Gasteiger partial charge >= 0.3 is 6.03 Å². The molecule has 2 rings (SSSR count). The third kappa shape index (κ3) is 4.35. The van der Waals surface area contributed by atoms with Gasteiger partial charge in [-0.2, -0.15) is 0 Å². The van der Waals surface area contributed by atoms with Crippen molar-refractivity contribution in [2.24, 2.45) is 11.8 Å². The number of piperidine rings is 2. The molecule has 3 atom stereocenters. The number of rotatable bonds is 3. The van der Waals surface area contributed by atoms with Crippen LogP contribution in [0, 0.1) is 11.8 Å². The Bertz CT molecular complexity index is 324. The Kier molecular flexibility index (Phi) is 5.66. The highest BCUT2D eigenvalue weighted by molar-refractivity contribution is 5.74. The predicted molar refractivity (Wildman–Crippen MR) is 79.6 cm³/mol. The van der Waals surface area contributed by atoms with Gasteiger partial charge in [0.15, 0.2) is 0 Å². The zero-order chi connectivity index (χ0) is 14.5. The van der Waals surface area contributed by atoms with Crippen LogP contribution in [0.3, 0.4) is 0 Å². The first-order chi connectivity index (χ1) is 9.56. The Labute approximate surface area is 122 Å². The Morgan fingerprint density at radius 3 is 2.75 bits per heavy atom. The first-order valence-electron chi connectivity index (χ1n) is 7.99. The van der Waals surface area contributed by atoms with Crippen LogP contribution in [0.5, 0.6) is 0 Å². The molecule has 5 heteroatoms. The van der Waals surface area contributed by atoms with Crippen molar-refractivity contribution < 1.29 is 9.90 Å². The molecule has 0 saturated carbocycles. The molecule has 2 aliphatic heterocycles. The molecule has 0 radical (unpaired) electrons. The number of aliphatic hydroxyl groups excluding tert-OH is 1. The van der Waals surface area contributed by atoms with E-state index in [0.717, 1.165) is 38.5 Å². The van der Waals surface area contributed by atoms with Gasteiger partial charge in [0.1, 0.15) is 0 Å². The van der Waals surface area contributed by atoms with Crippen molar-refractivity contribution in [3.8, 4) is 0 Å². The van der Waals surface area contributed by atoms with E-state index in [9.17, 15) is 9.90 Å². The SMILES string of the molecule is CC1CCCN(CCNC(=O)N2CCC(C)C(O)C2)C1. The summed E-state index contributed by atoms with van der Waals surface area (Å²) in [5.41, 5.74) is 0. The number of likely N-dealkylation sites (tertiary alicyclic amines) is 2. The van der Waals surface area contributed by atoms with Crippen LogP contribution in [0.25, 0.3) is 0 Å². The van der Waals surface area contributed by atoms with Crippen LogP contribution in [0.15, 0.2) is 0 Å². The lowest BCUT2D eigenvalue weighted by molar-refractivity contribution is 0.0434. The molecule has 0 aromatic carbocycles. The second-order valence-electron chi connectivity index (χ2n) is 6.56. The monoisotopic (exact) mass is 283 g/mol. The summed E-state index contributed by atoms with van der Waals surface area (Å²) < 4.78 is 0. The van der Waals surface area contributed by atoms with Crippen molar-refractivity contribution in [3.63, 3.8) is 0 Å². The molecule has 2 aliphatic rings. The maximum Gasteiger partial charge on any atom is 0.317 e. The number of urea groups is 1. The third-order valence-corrected chi connectivity index (χ3v) is 4.65. The van der Waals surface area contributed by atoms with E-state index in [4.69, 9.17) is 0 Å². The van der Waals surface area contributed by atoms with Crippen molar-refractivity contribution in [3.05, 3.63) is 0 Å². The molecule has 0 aromatic heterocycles. The number of hydrogen-bond donors (Lipinski definition) is 2. The lowest BCUT2D eigenvalue weighted by Crippen LogP contribution is -2.51. The summed E-state index contributed by atoms with van der Waals surface area (Å²) in [6, 6.07) is -0.0268. The van der Waals surface area contributed by atoms with Crippen molar-refractivity contribution in [2.75, 3.05) is 39.3 Å². The molecule has 5 nitrogen and oxygen atoms in total. The first kappa shape index (κ1) is 15.6. The minimum absolute atomic E-state index is 0.0268. The molecule has 3 unspecified atom stereocenters. The van der Waals surface area contributed by atoms with Crippen molar-refractivity contribution in [1.82, 2.24) is 15.1 Å². The lowest BCUT2D eigenvalue weighted by Gasteiger charge is -2.35. The van der Waals surface area contributed by atoms with Gasteiger partial charge in [0.25, 0.3) is 0 Å². The van der Waals surface area contributed by atoms with Gasteiger partial charge in [0.2, 0.25) is 0 Å². The minimum Gasteiger partial charge on any atom is -0.391 e. The van der Waals surface area contributed by atoms with E-state index in [1.54, 1.807) is 4.90 Å². The van der Waals surface area contributed by atoms with Crippen LogP contribution in [0.4, 0.5) is 4.79 Å². The van der Waals surface area contributed by atoms with Gasteiger partial charge in [0.05, 0.1) is 6.10 Å². The van der Waals surface area contributed by atoms with Crippen molar-refractivity contribution in [2.45, 2.75) is 39.2 Å². The molecule has 2 amide bonds. The Morgan fingerprint density at radius 2 is 2.05 bits per heavy atom. The summed E-state index contributed by atoms with van der Waals surface area (Å²) in [5.74, 6) is 1.08. The van der Waals surface area contributed by atoms with Crippen LogP contribution >= 0.6 is 0 Å². The van der Waals surface area contributed by atoms with Crippen LogP contribution in [-0.2, 0) is 0 Å². The summed E-state index contributed by atoms with van der Waals surface area (Å²) in [6.07, 6.45) is 3.11. The third-order valence-electron chi connectivity index (χ3n) is 4.65. The first-order valence-corrected chi connectivity index (χ1v) is 7.99. The highest BCUT2D eigenvalue weighted by Crippen LogP contribution is 2.17. The average Bonchev–Trinajstić information content (AvgIpc) is 2.42. The second kappa shape index (κ2) is 7.27. The van der Waals surface area contributed by atoms with Crippen molar-refractivity contribution in [1.29, 1.82) is 0 Å². The topological polar surface area (TPSA) is 55.8 Å². The van der Waals surface area contributed by atoms with E-state index in [-0.39, 0.29) is 12.1 Å². The average molecular weight is 283 g/mol. The van der Waals surface area contributed by atoms with Crippen LogP contribution in [-0.4, -0.2) is 66.3 Å². The fourth-order valence-electron chi connectivity index (χ4n) is 3.16. The number of carbonyl (C=O) groups is 1. The Hall–Kier alpha value is -0.810. The standard InChI is InChI=1S/C15H29N3O2/c1-12-4-3-7-17(10-12)9-6-16-15(20)18-8-5-13(2)14(19)11-18/h12-14,19H,3-11H2,1-2H3,(H,16,20). The number of nitrogens with zero attached hydrogens (tertiary/aromatic N) is 2. The molecule has 116 valence electrons. The highest BCUT2D eigenvalue weighted by atomic mass is 16.3. The van der Waals surface area contributed by atoms with Gasteiger partial charge in [-0.1, -0.05) is 13.8 Å². The molecule has 2 N–H and O–H groups in total. The lowest BCUT2D eigenvalue weighted by atomic mass is 9.96. The van der Waals surface area contributed by atoms with Gasteiger partial charge in [-0.05, 0) is 37.6 Å². The molecular formula is C15H29N3O2. The van der Waals surface area contributed by atoms with E-state index in [1.165, 1.54) is 12.8 Å². The summed E-state index contributed by atoms with van der Waals surface area (Å²) >= 11 is 0. The van der Waals surface area contributed by atoms with E-state index >= 15 is 0 Å². The molecule has 20 heavy (non-hydrogen) atoms. The van der Waals surface area contributed by atoms with Crippen molar-refractivity contribution >= 4 is 6.03 Å². The fraction of sp³-hybridized carbons (Fsp3) is 0.933. The van der Waals surface area contributed by atoms with Gasteiger partial charge in [-0.25, -0.2) is 4.79 Å². The summed E-state index contributed by atoms with van der Waals surface area (Å²) in [7, 11) is 0. The number of β-amino-alcohol motifs (C(OH)–C–C–N with tert-alkyl or cyclic N) is 1. The Balaban J connectivity index is 1.65. The van der Waals surface area contributed by atoms with Crippen LogP contribution in [0.2, 0.25) is 0 Å². The largest absolute Gasteiger partial charge is 0.391 e. The minimum atomic E-state index is -0.377. The zero-order valence-electron chi connectivity index (χ0n) is 12.8. The molecule has 0 bridgehead atoms. The maximum atomic E-state index is 12.0. The number of nitrogens with one attached hydrogen (secondary N) is 1. The molecule has 0 aliphatic carbocycles. The van der Waals surface area contributed by atoms with Crippen LogP contribution < -0.4 is 5.32 Å². The number of carbonyl (C=O) groups excluding carboxylic acids is 1. The molecule has 2 saturated heterocycles. The Morgan fingerprint density at radius 1 is 1.25 bits per heavy atom. The fourth-order valence-corrected chi connectivity index (χ4v) is 3.16. The van der Waals surface area contributed by atoms with Gasteiger partial charge in [0, 0.05) is 32.7 Å². The zero-order valence-corrected chi connectivity index (χ0v) is 12.8. The van der Waals surface area contributed by atoms with E-state index in [1.807, 2.05) is 6.92 Å². The quantitative estimate of drug-likeness (QED) is 0.816. The van der Waals surface area contributed by atoms with E-state index in [0.29, 0.717) is 19.0 Å². The smallest absolute Gasteiger partial charge is 0.317 e. The summed E-state index contributed by atoms with van der Waals surface area (Å²) in [5, 5.41) is 12.8. The van der Waals surface area contributed by atoms with Gasteiger partial charge in [-0.3, -0.25) is 0 Å². The normalized spacial score (nSPS) is 32.1. The number of amides is 2. The van der Waals surface area contributed by atoms with Gasteiger partial charge in [-0.15, -0.1) is 0 Å². The highest BCUT2D eigenvalue weighted by Gasteiger charge is 2.27. The van der Waals surface area contributed by atoms with Gasteiger partial charge < -0.3 is 20.2 Å². The molecule has 2 heterocycles. The second-order valence-corrected chi connectivity index (χ2v) is 6.56. The van der Waals surface area contributed by atoms with Crippen LogP contribution in [0.1, 0.15) is 33.1 Å². The maximum absolute atomic E-state index is 12.0.